The van der Waals surface area contributed by atoms with Crippen molar-refractivity contribution in [1.29, 1.82) is 0 Å². The Hall–Kier alpha value is -1.10. The molecule has 4 nitrogen and oxygen atoms in total. The van der Waals surface area contributed by atoms with Crippen molar-refractivity contribution in [3.8, 4) is 0 Å². The number of carbonyl (C=O) groups is 1. The SMILES string of the molecule is CNC(=O)Nc1nc2c(s1)CCC2. The van der Waals surface area contributed by atoms with Crippen LogP contribution in [-0.4, -0.2) is 18.1 Å². The van der Waals surface area contributed by atoms with Crippen LogP contribution in [0.5, 0.6) is 0 Å². The summed E-state index contributed by atoms with van der Waals surface area (Å²) in [5, 5.41) is 5.89. The van der Waals surface area contributed by atoms with E-state index >= 15 is 0 Å². The molecule has 2 N–H and O–H groups in total. The summed E-state index contributed by atoms with van der Waals surface area (Å²) in [6.07, 6.45) is 3.37. The van der Waals surface area contributed by atoms with Crippen molar-refractivity contribution in [2.24, 2.45) is 0 Å². The number of anilines is 1. The predicted molar refractivity (Wildman–Crippen MR) is 52.2 cm³/mol. The largest absolute Gasteiger partial charge is 0.341 e. The number of thiazole rings is 1. The number of aromatic nitrogens is 1. The van der Waals surface area contributed by atoms with E-state index in [2.05, 4.69) is 15.6 Å². The summed E-state index contributed by atoms with van der Waals surface area (Å²) in [5.41, 5.74) is 1.16. The zero-order chi connectivity index (χ0) is 9.26. The minimum absolute atomic E-state index is 0.201. The van der Waals surface area contributed by atoms with Crippen molar-refractivity contribution in [1.82, 2.24) is 10.3 Å². The van der Waals surface area contributed by atoms with E-state index in [1.54, 1.807) is 18.4 Å². The maximum Gasteiger partial charge on any atom is 0.320 e. The molecule has 0 bridgehead atoms. The molecule has 0 spiro atoms. The average molecular weight is 197 g/mol. The van der Waals surface area contributed by atoms with Gasteiger partial charge in [-0.15, -0.1) is 11.3 Å². The lowest BCUT2D eigenvalue weighted by atomic mass is 10.4. The van der Waals surface area contributed by atoms with Gasteiger partial charge in [0.25, 0.3) is 0 Å². The van der Waals surface area contributed by atoms with Crippen LogP contribution < -0.4 is 10.6 Å². The topological polar surface area (TPSA) is 54.0 Å². The highest BCUT2D eigenvalue weighted by atomic mass is 32.1. The number of carbonyl (C=O) groups excluding carboxylic acids is 1. The van der Waals surface area contributed by atoms with E-state index < -0.39 is 0 Å². The average Bonchev–Trinajstić information content (AvgIpc) is 2.63. The van der Waals surface area contributed by atoms with Crippen LogP contribution in [0, 0.1) is 0 Å². The van der Waals surface area contributed by atoms with Gasteiger partial charge in [0.15, 0.2) is 5.13 Å². The van der Waals surface area contributed by atoms with Gasteiger partial charge < -0.3 is 5.32 Å². The molecule has 2 amide bonds. The number of hydrogen-bond acceptors (Lipinski definition) is 3. The molecule has 0 fully saturated rings. The highest BCUT2D eigenvalue weighted by Crippen LogP contribution is 2.30. The summed E-state index contributed by atoms with van der Waals surface area (Å²) >= 11 is 1.58. The summed E-state index contributed by atoms with van der Waals surface area (Å²) in [4.78, 5) is 16.6. The second kappa shape index (κ2) is 3.33. The quantitative estimate of drug-likeness (QED) is 0.714. The highest BCUT2D eigenvalue weighted by Gasteiger charge is 2.17. The lowest BCUT2D eigenvalue weighted by molar-refractivity contribution is 0.254. The molecule has 0 aromatic carbocycles. The van der Waals surface area contributed by atoms with Crippen molar-refractivity contribution in [2.75, 3.05) is 12.4 Å². The normalized spacial score (nSPS) is 13.9. The first kappa shape index (κ1) is 8.50. The van der Waals surface area contributed by atoms with Crippen LogP contribution in [-0.2, 0) is 12.8 Å². The van der Waals surface area contributed by atoms with E-state index in [0.29, 0.717) is 5.13 Å². The number of fused-ring (bicyclic) bond motifs is 1. The first-order valence-corrected chi connectivity index (χ1v) is 5.08. The van der Waals surface area contributed by atoms with Crippen molar-refractivity contribution < 1.29 is 4.79 Å². The monoisotopic (exact) mass is 197 g/mol. The summed E-state index contributed by atoms with van der Waals surface area (Å²) in [5.74, 6) is 0. The van der Waals surface area contributed by atoms with Crippen LogP contribution in [0.1, 0.15) is 17.0 Å². The molecule has 1 aliphatic rings. The van der Waals surface area contributed by atoms with Crippen LogP contribution in [0.2, 0.25) is 0 Å². The Kier molecular flexibility index (Phi) is 2.18. The Morgan fingerprint density at radius 1 is 1.54 bits per heavy atom. The van der Waals surface area contributed by atoms with E-state index in [0.717, 1.165) is 18.5 Å². The first-order valence-electron chi connectivity index (χ1n) is 4.27. The minimum atomic E-state index is -0.201. The molecular weight excluding hydrogens is 186 g/mol. The van der Waals surface area contributed by atoms with Gasteiger partial charge in [0.05, 0.1) is 5.69 Å². The molecule has 0 atom stereocenters. The van der Waals surface area contributed by atoms with Gasteiger partial charge in [-0.25, -0.2) is 9.78 Å². The Labute approximate surface area is 80.4 Å². The Morgan fingerprint density at radius 2 is 2.38 bits per heavy atom. The molecule has 1 aromatic rings. The summed E-state index contributed by atoms with van der Waals surface area (Å²) in [7, 11) is 1.59. The van der Waals surface area contributed by atoms with E-state index in [9.17, 15) is 4.79 Å². The number of aryl methyl sites for hydroxylation is 2. The molecular formula is C8H11N3OS. The van der Waals surface area contributed by atoms with Crippen LogP contribution in [0.3, 0.4) is 0 Å². The standard InChI is InChI=1S/C8H11N3OS/c1-9-7(12)11-8-10-5-3-2-4-6(5)13-8/h2-4H2,1H3,(H2,9,10,11,12). The summed E-state index contributed by atoms with van der Waals surface area (Å²) in [6, 6.07) is -0.201. The molecule has 70 valence electrons. The molecule has 1 aromatic heterocycles. The fraction of sp³-hybridized carbons (Fsp3) is 0.500. The Morgan fingerprint density at radius 3 is 3.08 bits per heavy atom. The van der Waals surface area contributed by atoms with Crippen LogP contribution in [0.25, 0.3) is 0 Å². The van der Waals surface area contributed by atoms with Gasteiger partial charge in [0.1, 0.15) is 0 Å². The van der Waals surface area contributed by atoms with Gasteiger partial charge in [-0.3, -0.25) is 5.32 Å². The number of nitrogens with zero attached hydrogens (tertiary/aromatic N) is 1. The van der Waals surface area contributed by atoms with Gasteiger partial charge in [-0.1, -0.05) is 0 Å². The van der Waals surface area contributed by atoms with Crippen molar-refractivity contribution in [3.05, 3.63) is 10.6 Å². The fourth-order valence-corrected chi connectivity index (χ4v) is 2.45. The van der Waals surface area contributed by atoms with E-state index in [-0.39, 0.29) is 6.03 Å². The third-order valence-corrected chi connectivity index (χ3v) is 3.12. The fourth-order valence-electron chi connectivity index (χ4n) is 1.40. The molecule has 0 unspecified atom stereocenters. The minimum Gasteiger partial charge on any atom is -0.341 e. The zero-order valence-electron chi connectivity index (χ0n) is 7.39. The van der Waals surface area contributed by atoms with E-state index in [1.165, 1.54) is 11.3 Å². The van der Waals surface area contributed by atoms with Crippen LogP contribution in [0.15, 0.2) is 0 Å². The third kappa shape index (κ3) is 1.65. The molecule has 2 rings (SSSR count). The van der Waals surface area contributed by atoms with E-state index in [1.807, 2.05) is 0 Å². The van der Waals surface area contributed by atoms with Crippen LogP contribution in [0.4, 0.5) is 9.93 Å². The van der Waals surface area contributed by atoms with E-state index in [4.69, 9.17) is 0 Å². The first-order chi connectivity index (χ1) is 6.29. The van der Waals surface area contributed by atoms with Gasteiger partial charge in [-0.2, -0.15) is 0 Å². The molecule has 0 aliphatic heterocycles. The maximum atomic E-state index is 11.0. The molecule has 0 saturated heterocycles. The summed E-state index contributed by atoms with van der Waals surface area (Å²) < 4.78 is 0. The van der Waals surface area contributed by atoms with Crippen LogP contribution >= 0.6 is 11.3 Å². The number of rotatable bonds is 1. The number of hydrogen-bond donors (Lipinski definition) is 2. The molecule has 13 heavy (non-hydrogen) atoms. The van der Waals surface area contributed by atoms with Crippen molar-refractivity contribution in [3.63, 3.8) is 0 Å². The second-order valence-corrected chi connectivity index (χ2v) is 4.03. The number of urea groups is 1. The lowest BCUT2D eigenvalue weighted by Gasteiger charge is -1.98. The maximum absolute atomic E-state index is 11.0. The molecule has 1 heterocycles. The van der Waals surface area contributed by atoms with Crippen molar-refractivity contribution in [2.45, 2.75) is 19.3 Å². The van der Waals surface area contributed by atoms with Crippen molar-refractivity contribution >= 4 is 22.5 Å². The molecule has 0 saturated carbocycles. The number of amides is 2. The van der Waals surface area contributed by atoms with Gasteiger partial charge in [-0.05, 0) is 19.3 Å². The van der Waals surface area contributed by atoms with Gasteiger partial charge in [0, 0.05) is 11.9 Å². The highest BCUT2D eigenvalue weighted by molar-refractivity contribution is 7.15. The predicted octanol–water partition coefficient (Wildman–Crippen LogP) is 1.38. The summed E-state index contributed by atoms with van der Waals surface area (Å²) in [6.45, 7) is 0. The molecule has 1 aliphatic carbocycles. The Bertz CT molecular complexity index is 313. The number of nitrogens with one attached hydrogen (secondary N) is 2. The second-order valence-electron chi connectivity index (χ2n) is 2.95. The zero-order valence-corrected chi connectivity index (χ0v) is 8.20. The molecule has 0 radical (unpaired) electrons. The van der Waals surface area contributed by atoms with Gasteiger partial charge in [0.2, 0.25) is 0 Å². The Balaban J connectivity index is 2.10. The molecule has 5 heteroatoms. The third-order valence-electron chi connectivity index (χ3n) is 2.04. The lowest BCUT2D eigenvalue weighted by Crippen LogP contribution is -2.24. The smallest absolute Gasteiger partial charge is 0.320 e. The van der Waals surface area contributed by atoms with Gasteiger partial charge >= 0.3 is 6.03 Å².